The van der Waals surface area contributed by atoms with E-state index in [1.807, 2.05) is 5.32 Å². The van der Waals surface area contributed by atoms with Crippen LogP contribution in [0.1, 0.15) is 15.9 Å². The molecule has 2 rings (SSSR count). The molecule has 0 aromatic heterocycles. The molecule has 0 bridgehead atoms. The van der Waals surface area contributed by atoms with Gasteiger partial charge in [0.2, 0.25) is 5.67 Å². The molecular formula is C16H12BrF4NO. The predicted octanol–water partition coefficient (Wildman–Crippen LogP) is 4.61. The molecule has 0 aliphatic heterocycles. The van der Waals surface area contributed by atoms with Gasteiger partial charge in [0.1, 0.15) is 0 Å². The summed E-state index contributed by atoms with van der Waals surface area (Å²) in [4.78, 5) is 11.9. The van der Waals surface area contributed by atoms with Crippen LogP contribution in [0.25, 0.3) is 0 Å². The minimum atomic E-state index is -5.16. The van der Waals surface area contributed by atoms with Crippen LogP contribution in [0, 0.1) is 0 Å². The van der Waals surface area contributed by atoms with E-state index in [0.29, 0.717) is 4.47 Å². The standard InChI is InChI=1S/C16H12BrF4NO/c17-13-8-6-12(7-9-13)15(18,16(19,20)21)10-22-14(23)11-4-2-1-3-5-11/h1-9H,10H2,(H,22,23)/t15-/m0/s1. The van der Waals surface area contributed by atoms with Crippen molar-refractivity contribution in [1.82, 2.24) is 5.32 Å². The highest BCUT2D eigenvalue weighted by molar-refractivity contribution is 9.10. The lowest BCUT2D eigenvalue weighted by Crippen LogP contribution is -2.47. The van der Waals surface area contributed by atoms with Crippen molar-refractivity contribution in [3.05, 3.63) is 70.2 Å². The second kappa shape index (κ2) is 6.70. The van der Waals surface area contributed by atoms with Crippen LogP contribution < -0.4 is 5.32 Å². The van der Waals surface area contributed by atoms with Gasteiger partial charge in [0.25, 0.3) is 5.91 Å². The molecule has 0 heterocycles. The summed E-state index contributed by atoms with van der Waals surface area (Å²) in [5.74, 6) is -0.769. The summed E-state index contributed by atoms with van der Waals surface area (Å²) >= 11 is 3.08. The summed E-state index contributed by atoms with van der Waals surface area (Å²) in [6, 6.07) is 12.4. The van der Waals surface area contributed by atoms with E-state index in [4.69, 9.17) is 0 Å². The number of carbonyl (C=O) groups is 1. The molecule has 1 N–H and O–H groups in total. The number of hydrogen-bond donors (Lipinski definition) is 1. The minimum Gasteiger partial charge on any atom is -0.348 e. The third-order valence-corrected chi connectivity index (χ3v) is 3.81. The molecule has 2 nitrogen and oxygen atoms in total. The highest BCUT2D eigenvalue weighted by atomic mass is 79.9. The molecule has 1 amide bonds. The summed E-state index contributed by atoms with van der Waals surface area (Å²) in [5, 5.41) is 2.01. The van der Waals surface area contributed by atoms with Crippen molar-refractivity contribution < 1.29 is 22.4 Å². The van der Waals surface area contributed by atoms with Gasteiger partial charge < -0.3 is 5.32 Å². The Morgan fingerprint density at radius 2 is 1.52 bits per heavy atom. The van der Waals surface area contributed by atoms with Gasteiger partial charge in [-0.3, -0.25) is 4.79 Å². The molecule has 0 spiro atoms. The van der Waals surface area contributed by atoms with Gasteiger partial charge in [0.15, 0.2) is 0 Å². The fourth-order valence-corrected chi connectivity index (χ4v) is 2.24. The van der Waals surface area contributed by atoms with Gasteiger partial charge in [0.05, 0.1) is 6.54 Å². The fourth-order valence-electron chi connectivity index (χ4n) is 1.97. The van der Waals surface area contributed by atoms with E-state index in [-0.39, 0.29) is 5.56 Å². The van der Waals surface area contributed by atoms with Crippen molar-refractivity contribution in [3.8, 4) is 0 Å². The Bertz CT molecular complexity index is 673. The number of amides is 1. The molecule has 122 valence electrons. The molecular weight excluding hydrogens is 378 g/mol. The van der Waals surface area contributed by atoms with Crippen LogP contribution in [-0.2, 0) is 5.67 Å². The average Bonchev–Trinajstić information content (AvgIpc) is 2.52. The Morgan fingerprint density at radius 3 is 2.04 bits per heavy atom. The maximum Gasteiger partial charge on any atom is 0.428 e. The topological polar surface area (TPSA) is 29.1 Å². The molecule has 0 unspecified atom stereocenters. The van der Waals surface area contributed by atoms with E-state index >= 15 is 0 Å². The number of benzene rings is 2. The van der Waals surface area contributed by atoms with Crippen molar-refractivity contribution >= 4 is 21.8 Å². The number of halogens is 5. The van der Waals surface area contributed by atoms with Gasteiger partial charge in [0, 0.05) is 15.6 Å². The summed E-state index contributed by atoms with van der Waals surface area (Å²) in [6.45, 7) is -1.20. The van der Waals surface area contributed by atoms with Gasteiger partial charge in [-0.1, -0.05) is 46.3 Å². The smallest absolute Gasteiger partial charge is 0.348 e. The highest BCUT2D eigenvalue weighted by Crippen LogP contribution is 2.42. The van der Waals surface area contributed by atoms with Crippen molar-refractivity contribution in [2.75, 3.05) is 6.54 Å². The zero-order valence-electron chi connectivity index (χ0n) is 11.7. The van der Waals surface area contributed by atoms with Crippen molar-refractivity contribution in [3.63, 3.8) is 0 Å². The number of hydrogen-bond acceptors (Lipinski definition) is 1. The Hall–Kier alpha value is -1.89. The lowest BCUT2D eigenvalue weighted by Gasteiger charge is -2.28. The largest absolute Gasteiger partial charge is 0.428 e. The van der Waals surface area contributed by atoms with Gasteiger partial charge in [-0.15, -0.1) is 0 Å². The second-order valence-corrected chi connectivity index (χ2v) is 5.77. The zero-order chi connectivity index (χ0) is 17.1. The Labute approximate surface area is 138 Å². The first-order chi connectivity index (χ1) is 10.7. The lowest BCUT2D eigenvalue weighted by atomic mass is 9.94. The minimum absolute atomic E-state index is 0.160. The van der Waals surface area contributed by atoms with Gasteiger partial charge in [-0.25, -0.2) is 4.39 Å². The van der Waals surface area contributed by atoms with Crippen LogP contribution in [0.3, 0.4) is 0 Å². The fraction of sp³-hybridized carbons (Fsp3) is 0.188. The predicted molar refractivity (Wildman–Crippen MR) is 81.8 cm³/mol. The first-order valence-electron chi connectivity index (χ1n) is 6.59. The average molecular weight is 390 g/mol. The van der Waals surface area contributed by atoms with Crippen molar-refractivity contribution in [2.24, 2.45) is 0 Å². The molecule has 0 fully saturated rings. The molecule has 0 saturated heterocycles. The van der Waals surface area contributed by atoms with E-state index in [2.05, 4.69) is 15.9 Å². The molecule has 0 aliphatic rings. The van der Waals surface area contributed by atoms with Crippen LogP contribution in [0.2, 0.25) is 0 Å². The summed E-state index contributed by atoms with van der Waals surface area (Å²) < 4.78 is 54.8. The van der Waals surface area contributed by atoms with E-state index in [1.54, 1.807) is 18.2 Å². The Morgan fingerprint density at radius 1 is 0.957 bits per heavy atom. The van der Waals surface area contributed by atoms with Crippen LogP contribution in [0.5, 0.6) is 0 Å². The third-order valence-electron chi connectivity index (χ3n) is 3.28. The summed E-state index contributed by atoms with van der Waals surface area (Å²) in [7, 11) is 0. The zero-order valence-corrected chi connectivity index (χ0v) is 13.3. The van der Waals surface area contributed by atoms with Gasteiger partial charge in [-0.05, 0) is 24.3 Å². The molecule has 2 aromatic rings. The normalized spacial score (nSPS) is 14.1. The monoisotopic (exact) mass is 389 g/mol. The summed E-state index contributed by atoms with van der Waals surface area (Å²) in [6.07, 6.45) is -5.16. The Balaban J connectivity index is 2.23. The maximum atomic E-state index is 14.7. The quantitative estimate of drug-likeness (QED) is 0.760. The summed E-state index contributed by atoms with van der Waals surface area (Å²) in [5.41, 5.74) is -4.08. The molecule has 7 heteroatoms. The number of rotatable bonds is 4. The van der Waals surface area contributed by atoms with Crippen molar-refractivity contribution in [1.29, 1.82) is 0 Å². The molecule has 0 radical (unpaired) electrons. The SMILES string of the molecule is O=C(NC[C@](F)(c1ccc(Br)cc1)C(F)(F)F)c1ccccc1. The maximum absolute atomic E-state index is 14.7. The number of nitrogens with one attached hydrogen (secondary N) is 1. The molecule has 0 saturated carbocycles. The second-order valence-electron chi connectivity index (χ2n) is 4.85. The third kappa shape index (κ3) is 3.90. The van der Waals surface area contributed by atoms with E-state index in [1.165, 1.54) is 24.3 Å². The van der Waals surface area contributed by atoms with Crippen molar-refractivity contribution in [2.45, 2.75) is 11.8 Å². The first-order valence-corrected chi connectivity index (χ1v) is 7.38. The molecule has 0 aliphatic carbocycles. The molecule has 23 heavy (non-hydrogen) atoms. The highest BCUT2D eigenvalue weighted by Gasteiger charge is 2.57. The molecule has 2 aromatic carbocycles. The van der Waals surface area contributed by atoms with Gasteiger partial charge >= 0.3 is 6.18 Å². The van der Waals surface area contributed by atoms with E-state index in [9.17, 15) is 22.4 Å². The van der Waals surface area contributed by atoms with E-state index in [0.717, 1.165) is 12.1 Å². The Kier molecular flexibility index (Phi) is 5.09. The van der Waals surface area contributed by atoms with Crippen LogP contribution in [-0.4, -0.2) is 18.6 Å². The van der Waals surface area contributed by atoms with E-state index < -0.39 is 29.9 Å². The van der Waals surface area contributed by atoms with Crippen LogP contribution >= 0.6 is 15.9 Å². The van der Waals surface area contributed by atoms with Crippen LogP contribution in [0.4, 0.5) is 17.6 Å². The first kappa shape index (κ1) is 17.5. The van der Waals surface area contributed by atoms with Gasteiger partial charge in [-0.2, -0.15) is 13.2 Å². The molecule has 1 atom stereocenters. The number of carbonyl (C=O) groups excluding carboxylic acids is 1. The number of alkyl halides is 4. The van der Waals surface area contributed by atoms with Crippen LogP contribution in [0.15, 0.2) is 59.1 Å². The lowest BCUT2D eigenvalue weighted by molar-refractivity contribution is -0.233.